The number of carbonyl (C=O) groups is 1. The van der Waals surface area contributed by atoms with Gasteiger partial charge < -0.3 is 15.2 Å². The maximum absolute atomic E-state index is 12.0. The molecule has 1 aliphatic carbocycles. The minimum atomic E-state index is -0.103. The first-order valence-electron chi connectivity index (χ1n) is 6.65. The molecule has 1 aromatic carbocycles. The third kappa shape index (κ3) is 3.07. The second-order valence-corrected chi connectivity index (χ2v) is 5.65. The van der Waals surface area contributed by atoms with Crippen LogP contribution in [-0.2, 0) is 11.4 Å². The standard InChI is InChI=1S/C15H21NO3/c1-4-19-13-6-5-11(7-10(13)9-17)16-14(18)12-8-15(12,2)3/h5-7,12,17H,4,8-9H2,1-3H3,(H,16,18). The molecule has 0 radical (unpaired) electrons. The van der Waals surface area contributed by atoms with Gasteiger partial charge in [-0.2, -0.15) is 0 Å². The van der Waals surface area contributed by atoms with E-state index < -0.39 is 0 Å². The molecule has 104 valence electrons. The summed E-state index contributed by atoms with van der Waals surface area (Å²) in [6.45, 7) is 6.53. The summed E-state index contributed by atoms with van der Waals surface area (Å²) in [5.74, 6) is 0.810. The highest BCUT2D eigenvalue weighted by Gasteiger charge is 2.50. The predicted molar refractivity (Wildman–Crippen MR) is 74.1 cm³/mol. The Bertz CT molecular complexity index is 482. The number of hydrogen-bond acceptors (Lipinski definition) is 3. The van der Waals surface area contributed by atoms with Crippen LogP contribution >= 0.6 is 0 Å². The number of aliphatic hydroxyl groups excluding tert-OH is 1. The number of benzene rings is 1. The molecule has 0 aliphatic heterocycles. The molecular weight excluding hydrogens is 242 g/mol. The van der Waals surface area contributed by atoms with Crippen molar-refractivity contribution in [3.8, 4) is 5.75 Å². The molecule has 1 fully saturated rings. The number of rotatable bonds is 5. The molecular formula is C15H21NO3. The van der Waals surface area contributed by atoms with Gasteiger partial charge in [-0.15, -0.1) is 0 Å². The molecule has 1 atom stereocenters. The maximum atomic E-state index is 12.0. The van der Waals surface area contributed by atoms with E-state index in [4.69, 9.17) is 4.74 Å². The first-order valence-corrected chi connectivity index (χ1v) is 6.65. The van der Waals surface area contributed by atoms with Crippen molar-refractivity contribution in [1.29, 1.82) is 0 Å². The Balaban J connectivity index is 2.07. The molecule has 19 heavy (non-hydrogen) atoms. The monoisotopic (exact) mass is 263 g/mol. The van der Waals surface area contributed by atoms with Crippen molar-refractivity contribution in [2.45, 2.75) is 33.8 Å². The van der Waals surface area contributed by atoms with E-state index in [1.54, 1.807) is 18.2 Å². The smallest absolute Gasteiger partial charge is 0.228 e. The molecule has 0 spiro atoms. The van der Waals surface area contributed by atoms with E-state index in [2.05, 4.69) is 19.2 Å². The number of aliphatic hydroxyl groups is 1. The molecule has 1 aliphatic rings. The van der Waals surface area contributed by atoms with Crippen LogP contribution in [0.25, 0.3) is 0 Å². The van der Waals surface area contributed by atoms with Crippen LogP contribution in [0.15, 0.2) is 18.2 Å². The minimum Gasteiger partial charge on any atom is -0.494 e. The quantitative estimate of drug-likeness (QED) is 0.858. The molecule has 1 amide bonds. The molecule has 0 saturated heterocycles. The SMILES string of the molecule is CCOc1ccc(NC(=O)C2CC2(C)C)cc1CO. The second-order valence-electron chi connectivity index (χ2n) is 5.65. The van der Waals surface area contributed by atoms with Gasteiger partial charge in [0.25, 0.3) is 0 Å². The summed E-state index contributed by atoms with van der Waals surface area (Å²) in [4.78, 5) is 12.0. The topological polar surface area (TPSA) is 58.6 Å². The highest BCUT2D eigenvalue weighted by Crippen LogP contribution is 2.52. The fraction of sp³-hybridized carbons (Fsp3) is 0.533. The summed E-state index contributed by atoms with van der Waals surface area (Å²) >= 11 is 0. The Labute approximate surface area is 113 Å². The summed E-state index contributed by atoms with van der Waals surface area (Å²) in [7, 11) is 0. The van der Waals surface area contributed by atoms with Crippen LogP contribution in [0.1, 0.15) is 32.8 Å². The van der Waals surface area contributed by atoms with Crippen LogP contribution in [0.5, 0.6) is 5.75 Å². The summed E-state index contributed by atoms with van der Waals surface area (Å²) in [5.41, 5.74) is 1.52. The predicted octanol–water partition coefficient (Wildman–Crippen LogP) is 2.56. The lowest BCUT2D eigenvalue weighted by atomic mass is 10.1. The number of anilines is 1. The molecule has 2 rings (SSSR count). The highest BCUT2D eigenvalue weighted by atomic mass is 16.5. The molecule has 0 aromatic heterocycles. The zero-order chi connectivity index (χ0) is 14.0. The highest BCUT2D eigenvalue weighted by molar-refractivity contribution is 5.95. The van der Waals surface area contributed by atoms with E-state index in [1.807, 2.05) is 6.92 Å². The van der Waals surface area contributed by atoms with Gasteiger partial charge in [0.2, 0.25) is 5.91 Å². The van der Waals surface area contributed by atoms with Crippen molar-refractivity contribution in [2.24, 2.45) is 11.3 Å². The van der Waals surface area contributed by atoms with Crippen molar-refractivity contribution < 1.29 is 14.6 Å². The second kappa shape index (κ2) is 5.21. The van der Waals surface area contributed by atoms with Gasteiger partial charge in [-0.3, -0.25) is 4.79 Å². The van der Waals surface area contributed by atoms with Crippen molar-refractivity contribution in [3.63, 3.8) is 0 Å². The lowest BCUT2D eigenvalue weighted by Crippen LogP contribution is -2.16. The maximum Gasteiger partial charge on any atom is 0.228 e. The average Bonchev–Trinajstić information content (AvgIpc) is 3.01. The first kappa shape index (κ1) is 13.9. The van der Waals surface area contributed by atoms with Crippen molar-refractivity contribution >= 4 is 11.6 Å². The van der Waals surface area contributed by atoms with E-state index in [0.717, 1.165) is 6.42 Å². The summed E-state index contributed by atoms with van der Waals surface area (Å²) < 4.78 is 5.41. The van der Waals surface area contributed by atoms with E-state index in [0.29, 0.717) is 23.6 Å². The van der Waals surface area contributed by atoms with Crippen molar-refractivity contribution in [1.82, 2.24) is 0 Å². The zero-order valence-corrected chi connectivity index (χ0v) is 11.7. The largest absolute Gasteiger partial charge is 0.494 e. The van der Waals surface area contributed by atoms with Crippen molar-refractivity contribution in [3.05, 3.63) is 23.8 Å². The Kier molecular flexibility index (Phi) is 3.80. The average molecular weight is 263 g/mol. The third-order valence-electron chi connectivity index (χ3n) is 3.63. The Morgan fingerprint density at radius 1 is 1.53 bits per heavy atom. The normalized spacial score (nSPS) is 19.9. The number of amides is 1. The molecule has 0 bridgehead atoms. The van der Waals surface area contributed by atoms with E-state index >= 15 is 0 Å². The summed E-state index contributed by atoms with van der Waals surface area (Å²) in [6, 6.07) is 5.35. The Morgan fingerprint density at radius 3 is 2.74 bits per heavy atom. The molecule has 2 N–H and O–H groups in total. The lowest BCUT2D eigenvalue weighted by Gasteiger charge is -2.11. The number of hydrogen-bond donors (Lipinski definition) is 2. The fourth-order valence-corrected chi connectivity index (χ4v) is 2.22. The Hall–Kier alpha value is -1.55. The van der Waals surface area contributed by atoms with Crippen LogP contribution in [-0.4, -0.2) is 17.6 Å². The summed E-state index contributed by atoms with van der Waals surface area (Å²) in [6.07, 6.45) is 0.933. The van der Waals surface area contributed by atoms with Crippen LogP contribution in [0.4, 0.5) is 5.69 Å². The molecule has 0 heterocycles. The molecule has 4 nitrogen and oxygen atoms in total. The molecule has 4 heteroatoms. The number of carbonyl (C=O) groups excluding carboxylic acids is 1. The van der Waals surface area contributed by atoms with Gasteiger partial charge in [-0.1, -0.05) is 13.8 Å². The van der Waals surface area contributed by atoms with Gasteiger partial charge >= 0.3 is 0 Å². The number of nitrogens with one attached hydrogen (secondary N) is 1. The first-order chi connectivity index (χ1) is 8.97. The van der Waals surface area contributed by atoms with Crippen LogP contribution in [0, 0.1) is 11.3 Å². The Morgan fingerprint density at radius 2 is 2.21 bits per heavy atom. The summed E-state index contributed by atoms with van der Waals surface area (Å²) in [5, 5.41) is 12.2. The van der Waals surface area contributed by atoms with Gasteiger partial charge in [0.05, 0.1) is 13.2 Å². The van der Waals surface area contributed by atoms with Gasteiger partial charge in [-0.05, 0) is 37.0 Å². The van der Waals surface area contributed by atoms with Gasteiger partial charge in [0.15, 0.2) is 0 Å². The van der Waals surface area contributed by atoms with Crippen LogP contribution < -0.4 is 10.1 Å². The van der Waals surface area contributed by atoms with E-state index in [1.165, 1.54) is 0 Å². The molecule has 1 saturated carbocycles. The van der Waals surface area contributed by atoms with Crippen molar-refractivity contribution in [2.75, 3.05) is 11.9 Å². The van der Waals surface area contributed by atoms with Crippen LogP contribution in [0.3, 0.4) is 0 Å². The lowest BCUT2D eigenvalue weighted by molar-refractivity contribution is -0.118. The fourth-order valence-electron chi connectivity index (χ4n) is 2.22. The van der Waals surface area contributed by atoms with Gasteiger partial charge in [0.1, 0.15) is 5.75 Å². The zero-order valence-electron chi connectivity index (χ0n) is 11.7. The minimum absolute atomic E-state index is 0.0537. The van der Waals surface area contributed by atoms with E-state index in [-0.39, 0.29) is 23.8 Å². The molecule has 1 aromatic rings. The third-order valence-corrected chi connectivity index (χ3v) is 3.63. The number of ether oxygens (including phenoxy) is 1. The van der Waals surface area contributed by atoms with Crippen LogP contribution in [0.2, 0.25) is 0 Å². The van der Waals surface area contributed by atoms with Gasteiger partial charge in [-0.25, -0.2) is 0 Å². The van der Waals surface area contributed by atoms with Gasteiger partial charge in [0, 0.05) is 17.2 Å². The van der Waals surface area contributed by atoms with E-state index in [9.17, 15) is 9.90 Å². The molecule has 1 unspecified atom stereocenters.